The van der Waals surface area contributed by atoms with Crippen molar-refractivity contribution in [2.24, 2.45) is 29.6 Å². The van der Waals surface area contributed by atoms with Crippen molar-refractivity contribution in [1.29, 1.82) is 0 Å². The maximum Gasteiger partial charge on any atom is 4.00 e. The van der Waals surface area contributed by atoms with E-state index in [1.165, 1.54) is 49.7 Å². The van der Waals surface area contributed by atoms with Gasteiger partial charge in [0.25, 0.3) is 0 Å². The van der Waals surface area contributed by atoms with Gasteiger partial charge in [0.1, 0.15) is 0 Å². The first-order valence-electron chi connectivity index (χ1n) is 9.74. The molecule has 0 aromatic carbocycles. The van der Waals surface area contributed by atoms with Crippen molar-refractivity contribution in [2.45, 2.75) is 71.9 Å². The first-order chi connectivity index (χ1) is 11.5. The number of rotatable bonds is 2. The van der Waals surface area contributed by atoms with Crippen molar-refractivity contribution < 1.29 is 51.3 Å². The van der Waals surface area contributed by atoms with Gasteiger partial charge in [0.05, 0.1) is 5.91 Å². The average Bonchev–Trinajstić information content (AvgIpc) is 2.92. The number of nitrogens with one attached hydrogen (secondary N) is 1. The Morgan fingerprint density at radius 2 is 1.56 bits per heavy atom. The zero-order valence-electron chi connectivity index (χ0n) is 17.2. The Kier molecular flexibility index (Phi) is 15.9. The van der Waals surface area contributed by atoms with E-state index in [2.05, 4.69) is 39.1 Å². The smallest absolute Gasteiger partial charge is 1.00 e. The molecule has 0 aromatic rings. The predicted octanol–water partition coefficient (Wildman–Crippen LogP) is -0.362. The third-order valence-electron chi connectivity index (χ3n) is 6.10. The monoisotopic (exact) mass is 462 g/mol. The van der Waals surface area contributed by atoms with Crippen LogP contribution in [0.5, 0.6) is 0 Å². The summed E-state index contributed by atoms with van der Waals surface area (Å²) >= 11 is 0. The molecule has 151 valence electrons. The molecule has 5 aliphatic carbocycles. The van der Waals surface area contributed by atoms with Crippen LogP contribution in [0.4, 0.5) is 0 Å². The molecule has 0 spiro atoms. The fraction of sp³-hybridized carbons (Fsp3) is 0.762. The van der Waals surface area contributed by atoms with E-state index in [9.17, 15) is 4.79 Å². The van der Waals surface area contributed by atoms with Crippen molar-refractivity contribution in [3.05, 3.63) is 29.0 Å². The Morgan fingerprint density at radius 3 is 1.81 bits per heavy atom. The summed E-state index contributed by atoms with van der Waals surface area (Å²) in [4.78, 5) is 11.2. The van der Waals surface area contributed by atoms with Crippen LogP contribution in [0.2, 0.25) is 13.1 Å². The summed E-state index contributed by atoms with van der Waals surface area (Å²) in [5, 5.41) is 0. The summed E-state index contributed by atoms with van der Waals surface area (Å²) in [7, 11) is 0.750. The summed E-state index contributed by atoms with van der Waals surface area (Å²) < 4.78 is 0. The van der Waals surface area contributed by atoms with E-state index in [0.717, 1.165) is 27.8 Å². The number of hydrogen-bond acceptors (Lipinski definition) is 1. The molecule has 4 bridgehead atoms. The number of carbonyl (C=O) groups is 1. The van der Waals surface area contributed by atoms with E-state index in [1.54, 1.807) is 0 Å². The van der Waals surface area contributed by atoms with E-state index in [0.29, 0.717) is 11.8 Å². The molecule has 1 radical (unpaired) electrons. The summed E-state index contributed by atoms with van der Waals surface area (Å²) in [5.74, 6) is 2.89. The van der Waals surface area contributed by atoms with Crippen molar-refractivity contribution >= 4 is 15.4 Å². The van der Waals surface area contributed by atoms with Gasteiger partial charge in [0.2, 0.25) is 0 Å². The Bertz CT molecular complexity index is 482. The second kappa shape index (κ2) is 14.4. The number of hydrogen-bond donors (Lipinski definition) is 0. The van der Waals surface area contributed by atoms with Crippen LogP contribution in [-0.4, -0.2) is 15.4 Å². The Morgan fingerprint density at radius 1 is 1.11 bits per heavy atom. The minimum atomic E-state index is -0.270. The zero-order chi connectivity index (χ0) is 17.7. The summed E-state index contributed by atoms with van der Waals surface area (Å²) in [5.41, 5.74) is 10.3. The molecule has 6 heteroatoms. The van der Waals surface area contributed by atoms with Gasteiger partial charge in [0.15, 0.2) is 0 Å². The predicted molar refractivity (Wildman–Crippen MR) is 104 cm³/mol. The topological polar surface area (TPSA) is 40.9 Å². The molecule has 4 saturated carbocycles. The van der Waals surface area contributed by atoms with Crippen molar-refractivity contribution in [2.75, 3.05) is 0 Å². The van der Waals surface area contributed by atoms with Crippen LogP contribution in [0.1, 0.15) is 58.8 Å². The van der Waals surface area contributed by atoms with Crippen LogP contribution in [-0.2, 0) is 26.5 Å². The molecule has 1 N–H and O–H groups in total. The molecule has 0 unspecified atom stereocenters. The normalized spacial score (nSPS) is 31.3. The molecular formula is C21H34Cl2NOSiTi. The molecule has 0 aromatic heterocycles. The summed E-state index contributed by atoms with van der Waals surface area (Å²) in [6.07, 6.45) is 13.9. The minimum absolute atomic E-state index is 0. The number of amides is 1. The van der Waals surface area contributed by atoms with E-state index in [4.69, 9.17) is 5.73 Å². The van der Waals surface area contributed by atoms with E-state index in [-0.39, 0.29) is 58.4 Å². The van der Waals surface area contributed by atoms with Gasteiger partial charge in [0, 0.05) is 15.4 Å². The second-order valence-corrected chi connectivity index (χ2v) is 9.24. The van der Waals surface area contributed by atoms with Gasteiger partial charge >= 0.3 is 21.7 Å². The molecule has 0 saturated heterocycles. The third-order valence-corrected chi connectivity index (χ3v) is 6.10. The van der Waals surface area contributed by atoms with Crippen LogP contribution in [0.3, 0.4) is 0 Å². The van der Waals surface area contributed by atoms with Gasteiger partial charge in [-0.05, 0) is 55.8 Å². The molecule has 5 rings (SSSR count). The molecule has 0 heterocycles. The summed E-state index contributed by atoms with van der Waals surface area (Å²) in [6, 6.07) is 0. The molecule has 27 heavy (non-hydrogen) atoms. The average molecular weight is 463 g/mol. The second-order valence-electron chi connectivity index (χ2n) is 8.08. The number of carbonyl (C=O) groups excluding carboxylic acids is 1. The molecule has 0 aliphatic heterocycles. The molecule has 4 fully saturated rings. The maximum atomic E-state index is 11.2. The van der Waals surface area contributed by atoms with Gasteiger partial charge < -0.3 is 35.3 Å². The first-order valence-corrected chi connectivity index (χ1v) is 12.1. The standard InChI is InChI=1S/C11H17NO.C8H11.C2H7Si.2ClH.Ti/c12-11(13)10-8-2-6-1-7(4-8)5-9(10)3-6;1-3-8-6-4-5-7(8)2;1-3-2;;;/h6-10H,1-5H2,(H2,12,13);6H,3,5H2,1-2H3;3H,1-2H3;2*1H;/q;-1;;;;+4/p-3. The Balaban J connectivity index is 0. The van der Waals surface area contributed by atoms with Crippen LogP contribution < -0.4 is 24.8 Å². The fourth-order valence-electron chi connectivity index (χ4n) is 5.32. The van der Waals surface area contributed by atoms with Gasteiger partial charge in [-0.15, -0.1) is 6.42 Å². The van der Waals surface area contributed by atoms with Crippen molar-refractivity contribution in [1.82, 2.24) is 0 Å². The third kappa shape index (κ3) is 8.01. The van der Waals surface area contributed by atoms with Crippen LogP contribution in [0, 0.1) is 35.7 Å². The maximum absolute atomic E-state index is 11.2. The minimum Gasteiger partial charge on any atom is -1.00 e. The van der Waals surface area contributed by atoms with Gasteiger partial charge in [-0.3, -0.25) is 6.08 Å². The number of allylic oxidation sites excluding steroid dienone is 4. The molecular weight excluding hydrogens is 429 g/mol. The van der Waals surface area contributed by atoms with E-state index < -0.39 is 0 Å². The van der Waals surface area contributed by atoms with Crippen LogP contribution in [0.25, 0.3) is 5.73 Å². The Hall–Kier alpha value is 0.461. The fourth-order valence-corrected chi connectivity index (χ4v) is 5.32. The van der Waals surface area contributed by atoms with Gasteiger partial charge in [-0.2, -0.15) is 11.1 Å². The zero-order valence-corrected chi connectivity index (χ0v) is 21.4. The number of halogens is 2. The van der Waals surface area contributed by atoms with Crippen LogP contribution >= 0.6 is 0 Å². The Labute approximate surface area is 196 Å². The molecule has 5 aliphatic rings. The summed E-state index contributed by atoms with van der Waals surface area (Å²) in [6.45, 7) is 8.78. The molecule has 1 amide bonds. The quantitative estimate of drug-likeness (QED) is 0.408. The van der Waals surface area contributed by atoms with E-state index >= 15 is 0 Å². The first kappa shape index (κ1) is 29.7. The SMILES string of the molecule is CCC1=C(C)C[C-]=C1.C[SiH]C.[Cl-].[Cl-].[NH-]C(=O)C1C2CC3CC(C2)CC1C3.[Ti+4]. The molecule has 0 atom stereocenters. The van der Waals surface area contributed by atoms with Crippen LogP contribution in [0.15, 0.2) is 17.2 Å². The molecule has 2 nitrogen and oxygen atoms in total. The van der Waals surface area contributed by atoms with Crippen molar-refractivity contribution in [3.8, 4) is 0 Å². The largest absolute Gasteiger partial charge is 4.00 e. The van der Waals surface area contributed by atoms with Gasteiger partial charge in [-0.25, -0.2) is 6.08 Å². The van der Waals surface area contributed by atoms with Crippen molar-refractivity contribution in [3.63, 3.8) is 0 Å². The van der Waals surface area contributed by atoms with E-state index in [1.807, 2.05) is 0 Å². The van der Waals surface area contributed by atoms with Gasteiger partial charge in [-0.1, -0.05) is 33.4 Å².